The second-order valence-corrected chi connectivity index (χ2v) is 4.45. The standard InChI is InChI=1S/C12H10N4O7/c1-2-14-11(18)8(13-12(14)19)4-6-3-7(15(20)21)5-9(10(6)17)16(22)23/h3-5,17H,2H2,1H3,(H,13,19)/b8-4+. The first-order valence-corrected chi connectivity index (χ1v) is 6.26. The summed E-state index contributed by atoms with van der Waals surface area (Å²) in [6, 6.07) is 0.775. The number of rotatable bonds is 4. The van der Waals surface area contributed by atoms with Crippen molar-refractivity contribution in [3.63, 3.8) is 0 Å². The number of imide groups is 1. The number of nitro benzene ring substituents is 2. The van der Waals surface area contributed by atoms with Crippen LogP contribution in [0.1, 0.15) is 12.5 Å². The molecule has 0 bridgehead atoms. The largest absolute Gasteiger partial charge is 0.502 e. The van der Waals surface area contributed by atoms with Crippen molar-refractivity contribution in [1.29, 1.82) is 0 Å². The number of hydrogen-bond acceptors (Lipinski definition) is 7. The number of urea groups is 1. The van der Waals surface area contributed by atoms with Gasteiger partial charge < -0.3 is 10.4 Å². The molecule has 0 atom stereocenters. The Balaban J connectivity index is 2.58. The summed E-state index contributed by atoms with van der Waals surface area (Å²) in [5.74, 6) is -1.55. The highest BCUT2D eigenvalue weighted by molar-refractivity contribution is 6.14. The second-order valence-electron chi connectivity index (χ2n) is 4.45. The fourth-order valence-electron chi connectivity index (χ4n) is 1.99. The zero-order valence-corrected chi connectivity index (χ0v) is 11.7. The molecule has 120 valence electrons. The maximum absolute atomic E-state index is 11.9. The van der Waals surface area contributed by atoms with Crippen LogP contribution in [0, 0.1) is 20.2 Å². The Morgan fingerprint density at radius 3 is 2.39 bits per heavy atom. The van der Waals surface area contributed by atoms with E-state index in [0.717, 1.165) is 17.0 Å². The zero-order chi connectivity index (χ0) is 17.3. The van der Waals surface area contributed by atoms with Gasteiger partial charge >= 0.3 is 11.7 Å². The van der Waals surface area contributed by atoms with E-state index < -0.39 is 38.9 Å². The summed E-state index contributed by atoms with van der Waals surface area (Å²) < 4.78 is 0. The first kappa shape index (κ1) is 15.9. The molecule has 0 radical (unpaired) electrons. The van der Waals surface area contributed by atoms with E-state index in [1.165, 1.54) is 0 Å². The van der Waals surface area contributed by atoms with E-state index in [-0.39, 0.29) is 17.8 Å². The predicted octanol–water partition coefficient (Wildman–Crippen LogP) is 1.12. The minimum Gasteiger partial charge on any atom is -0.502 e. The van der Waals surface area contributed by atoms with Crippen LogP contribution in [0.4, 0.5) is 16.2 Å². The highest BCUT2D eigenvalue weighted by Gasteiger charge is 2.33. The van der Waals surface area contributed by atoms with Crippen LogP contribution in [0.25, 0.3) is 6.08 Å². The number of nitro groups is 2. The number of amides is 3. The number of phenolic OH excluding ortho intramolecular Hbond substituents is 1. The third-order valence-corrected chi connectivity index (χ3v) is 3.09. The predicted molar refractivity (Wildman–Crippen MR) is 75.3 cm³/mol. The van der Waals surface area contributed by atoms with Crippen LogP contribution in [0.2, 0.25) is 0 Å². The number of likely N-dealkylation sites (N-methyl/N-ethyl adjacent to an activating group) is 1. The van der Waals surface area contributed by atoms with Gasteiger partial charge in [0.15, 0.2) is 0 Å². The average Bonchev–Trinajstić information content (AvgIpc) is 2.74. The van der Waals surface area contributed by atoms with Crippen LogP contribution in [-0.2, 0) is 4.79 Å². The maximum Gasteiger partial charge on any atom is 0.328 e. The third kappa shape index (κ3) is 2.79. The van der Waals surface area contributed by atoms with E-state index in [1.54, 1.807) is 6.92 Å². The summed E-state index contributed by atoms with van der Waals surface area (Å²) in [4.78, 5) is 44.1. The molecule has 0 aliphatic carbocycles. The average molecular weight is 322 g/mol. The van der Waals surface area contributed by atoms with Crippen LogP contribution >= 0.6 is 0 Å². The molecule has 1 heterocycles. The molecule has 0 saturated carbocycles. The van der Waals surface area contributed by atoms with Crippen LogP contribution in [0.15, 0.2) is 17.8 Å². The van der Waals surface area contributed by atoms with E-state index in [2.05, 4.69) is 5.32 Å². The molecule has 11 heteroatoms. The van der Waals surface area contributed by atoms with Gasteiger partial charge in [-0.25, -0.2) is 4.79 Å². The van der Waals surface area contributed by atoms with Gasteiger partial charge in [-0.15, -0.1) is 0 Å². The van der Waals surface area contributed by atoms with E-state index in [9.17, 15) is 34.9 Å². The number of phenols is 1. The summed E-state index contributed by atoms with van der Waals surface area (Å²) >= 11 is 0. The Morgan fingerprint density at radius 2 is 1.91 bits per heavy atom. The van der Waals surface area contributed by atoms with E-state index in [0.29, 0.717) is 6.07 Å². The highest BCUT2D eigenvalue weighted by Crippen LogP contribution is 2.35. The van der Waals surface area contributed by atoms with Crippen LogP contribution in [0.5, 0.6) is 5.75 Å². The molecule has 0 aromatic heterocycles. The molecular weight excluding hydrogens is 312 g/mol. The van der Waals surface area contributed by atoms with Gasteiger partial charge in [0.25, 0.3) is 11.6 Å². The first-order valence-electron chi connectivity index (χ1n) is 6.26. The second kappa shape index (κ2) is 5.71. The van der Waals surface area contributed by atoms with Crippen molar-refractivity contribution in [2.45, 2.75) is 6.92 Å². The van der Waals surface area contributed by atoms with Crippen molar-refractivity contribution in [3.8, 4) is 5.75 Å². The zero-order valence-electron chi connectivity index (χ0n) is 11.7. The molecular formula is C12H10N4O7. The Labute approximate surface area is 128 Å². The van der Waals surface area contributed by atoms with E-state index in [4.69, 9.17) is 0 Å². The van der Waals surface area contributed by atoms with Gasteiger partial charge in [-0.3, -0.25) is 29.9 Å². The van der Waals surface area contributed by atoms with Gasteiger partial charge in [0, 0.05) is 18.2 Å². The van der Waals surface area contributed by atoms with Crippen LogP contribution in [-0.4, -0.2) is 38.3 Å². The van der Waals surface area contributed by atoms with Crippen molar-refractivity contribution in [1.82, 2.24) is 10.2 Å². The van der Waals surface area contributed by atoms with Gasteiger partial charge in [0.1, 0.15) is 5.70 Å². The molecule has 1 saturated heterocycles. The summed E-state index contributed by atoms with van der Waals surface area (Å²) in [5.41, 5.74) is -2.09. The topological polar surface area (TPSA) is 156 Å². The molecule has 1 aromatic carbocycles. The minimum absolute atomic E-state index is 0.100. The van der Waals surface area contributed by atoms with Gasteiger partial charge in [-0.1, -0.05) is 0 Å². The van der Waals surface area contributed by atoms with Crippen molar-refractivity contribution in [3.05, 3.63) is 43.6 Å². The number of nitrogens with zero attached hydrogens (tertiary/aromatic N) is 3. The Bertz CT molecular complexity index is 771. The van der Waals surface area contributed by atoms with Crippen LogP contribution in [0.3, 0.4) is 0 Å². The minimum atomic E-state index is -0.988. The third-order valence-electron chi connectivity index (χ3n) is 3.09. The Hall–Kier alpha value is -3.50. The molecule has 0 unspecified atom stereocenters. The fraction of sp³-hybridized carbons (Fsp3) is 0.167. The molecule has 23 heavy (non-hydrogen) atoms. The number of nitrogens with one attached hydrogen (secondary N) is 1. The molecule has 2 rings (SSSR count). The number of non-ortho nitro benzene ring substituents is 1. The van der Waals surface area contributed by atoms with E-state index >= 15 is 0 Å². The van der Waals surface area contributed by atoms with Gasteiger partial charge in [0.05, 0.1) is 15.9 Å². The Kier molecular flexibility index (Phi) is 3.94. The molecule has 11 nitrogen and oxygen atoms in total. The van der Waals surface area contributed by atoms with Crippen molar-refractivity contribution >= 4 is 29.4 Å². The van der Waals surface area contributed by atoms with E-state index in [1.807, 2.05) is 0 Å². The van der Waals surface area contributed by atoms with Crippen LogP contribution < -0.4 is 5.32 Å². The summed E-state index contributed by atoms with van der Waals surface area (Å²) in [5, 5.41) is 33.8. The monoisotopic (exact) mass is 322 g/mol. The molecule has 1 aliphatic heterocycles. The summed E-state index contributed by atoms with van der Waals surface area (Å²) in [6.45, 7) is 1.67. The highest BCUT2D eigenvalue weighted by atomic mass is 16.6. The number of carbonyl (C=O) groups is 2. The van der Waals surface area contributed by atoms with Crippen molar-refractivity contribution in [2.24, 2.45) is 0 Å². The number of aromatic hydroxyl groups is 1. The Morgan fingerprint density at radius 1 is 1.26 bits per heavy atom. The SMILES string of the molecule is CCN1C(=O)N/C(=C/c2cc([N+](=O)[O-])cc([N+](=O)[O-])c2O)C1=O. The molecule has 1 aromatic rings. The van der Waals surface area contributed by atoms with Crippen molar-refractivity contribution in [2.75, 3.05) is 6.54 Å². The lowest BCUT2D eigenvalue weighted by molar-refractivity contribution is -0.394. The quantitative estimate of drug-likeness (QED) is 0.364. The molecule has 3 amide bonds. The molecule has 1 aliphatic rings. The first-order chi connectivity index (χ1) is 10.8. The molecule has 1 fully saturated rings. The lowest BCUT2D eigenvalue weighted by Crippen LogP contribution is -2.30. The van der Waals surface area contributed by atoms with Gasteiger partial charge in [-0.2, -0.15) is 0 Å². The lowest BCUT2D eigenvalue weighted by Gasteiger charge is -2.06. The number of carbonyl (C=O) groups excluding carboxylic acids is 2. The van der Waals surface area contributed by atoms with Gasteiger partial charge in [-0.05, 0) is 13.0 Å². The smallest absolute Gasteiger partial charge is 0.328 e. The molecule has 0 spiro atoms. The lowest BCUT2D eigenvalue weighted by atomic mass is 10.1. The van der Waals surface area contributed by atoms with Gasteiger partial charge in [0.2, 0.25) is 5.75 Å². The summed E-state index contributed by atoms with van der Waals surface area (Å²) in [7, 11) is 0. The number of benzene rings is 1. The fourth-order valence-corrected chi connectivity index (χ4v) is 1.99. The van der Waals surface area contributed by atoms with Crippen molar-refractivity contribution < 1.29 is 24.5 Å². The number of hydrogen-bond donors (Lipinski definition) is 2. The summed E-state index contributed by atoms with van der Waals surface area (Å²) in [6.07, 6.45) is 0.950. The maximum atomic E-state index is 11.9. The molecule has 2 N–H and O–H groups in total. The normalized spacial score (nSPS) is 15.9.